The highest BCUT2D eigenvalue weighted by molar-refractivity contribution is 5.86. The van der Waals surface area contributed by atoms with Crippen LogP contribution in [-0.2, 0) is 19.1 Å². The van der Waals surface area contributed by atoms with Gasteiger partial charge in [0.05, 0.1) is 11.7 Å². The summed E-state index contributed by atoms with van der Waals surface area (Å²) in [4.78, 5) is 4.93. The molecule has 0 aliphatic carbocycles. The molecule has 2 unspecified atom stereocenters. The summed E-state index contributed by atoms with van der Waals surface area (Å²) in [6, 6.07) is 23.5. The van der Waals surface area contributed by atoms with Crippen LogP contribution in [-0.4, -0.2) is 66.8 Å². The number of hydrogen-bond acceptors (Lipinski definition) is 5. The third-order valence-corrected chi connectivity index (χ3v) is 7.11. The smallest absolute Gasteiger partial charge is 0.416 e. The minimum Gasteiger partial charge on any atom is -0.492 e. The van der Waals surface area contributed by atoms with E-state index in [4.69, 9.17) is 4.74 Å². The van der Waals surface area contributed by atoms with Crippen LogP contribution in [0.25, 0.3) is 0 Å². The Hall–Kier alpha value is -2.04. The van der Waals surface area contributed by atoms with Crippen molar-refractivity contribution in [2.75, 3.05) is 45.9 Å². The van der Waals surface area contributed by atoms with E-state index in [9.17, 15) is 18.3 Å². The van der Waals surface area contributed by atoms with Crippen molar-refractivity contribution < 1.29 is 23.0 Å². The Bertz CT molecular complexity index is 1150. The van der Waals surface area contributed by atoms with Crippen molar-refractivity contribution in [3.05, 3.63) is 101 Å². The number of aliphatic hydroxyl groups excluding tert-OH is 1. The molecule has 42 heavy (non-hydrogen) atoms. The first-order valence-electron chi connectivity index (χ1n) is 13.6. The van der Waals surface area contributed by atoms with Gasteiger partial charge in [0.1, 0.15) is 12.4 Å². The average Bonchev–Trinajstić information content (AvgIpc) is 2.94. The second-order valence-corrected chi connectivity index (χ2v) is 10.2. The zero-order valence-corrected chi connectivity index (χ0v) is 26.1. The molecule has 0 saturated carbocycles. The van der Waals surface area contributed by atoms with E-state index < -0.39 is 17.8 Å². The maximum absolute atomic E-state index is 12.9. The Morgan fingerprint density at radius 3 is 2.12 bits per heavy atom. The van der Waals surface area contributed by atoms with Crippen molar-refractivity contribution in [2.45, 2.75) is 38.2 Å². The average molecular weight is 651 g/mol. The highest BCUT2D eigenvalue weighted by atomic mass is 35.5. The number of piperazine rings is 1. The van der Waals surface area contributed by atoms with E-state index in [1.165, 1.54) is 17.7 Å². The zero-order valence-electron chi connectivity index (χ0n) is 23.6. The summed E-state index contributed by atoms with van der Waals surface area (Å²) in [6.45, 7) is 8.92. The molecule has 0 amide bonds. The lowest BCUT2D eigenvalue weighted by atomic mass is 10.0. The van der Waals surface area contributed by atoms with Crippen LogP contribution in [0.2, 0.25) is 0 Å². The summed E-state index contributed by atoms with van der Waals surface area (Å²) in [7, 11) is 0. The summed E-state index contributed by atoms with van der Waals surface area (Å²) in [5.41, 5.74) is 1.97. The largest absolute Gasteiger partial charge is 0.492 e. The summed E-state index contributed by atoms with van der Waals surface area (Å²) >= 11 is 0. The van der Waals surface area contributed by atoms with Crippen LogP contribution >= 0.6 is 37.2 Å². The van der Waals surface area contributed by atoms with E-state index in [-0.39, 0.29) is 55.4 Å². The van der Waals surface area contributed by atoms with Crippen LogP contribution in [0.5, 0.6) is 5.75 Å². The van der Waals surface area contributed by atoms with Crippen molar-refractivity contribution in [1.29, 1.82) is 0 Å². The van der Waals surface area contributed by atoms with E-state index in [1.807, 2.05) is 31.2 Å². The number of ether oxygens (including phenoxy) is 1. The lowest BCUT2D eigenvalue weighted by Gasteiger charge is -2.34. The molecule has 0 bridgehead atoms. The summed E-state index contributed by atoms with van der Waals surface area (Å²) in [6.07, 6.45) is -4.72. The van der Waals surface area contributed by atoms with Crippen molar-refractivity contribution >= 4 is 37.2 Å². The van der Waals surface area contributed by atoms with E-state index in [2.05, 4.69) is 45.4 Å². The van der Waals surface area contributed by atoms with Crippen LogP contribution < -0.4 is 10.1 Å². The molecule has 4 rings (SSSR count). The number of halogens is 6. The first-order chi connectivity index (χ1) is 18.8. The van der Waals surface area contributed by atoms with E-state index >= 15 is 0 Å². The Morgan fingerprint density at radius 1 is 0.833 bits per heavy atom. The summed E-state index contributed by atoms with van der Waals surface area (Å²) in [5.74, 6) is 0.835. The number of hydrogen-bond donors (Lipinski definition) is 2. The lowest BCUT2D eigenvalue weighted by molar-refractivity contribution is -0.137. The Labute approximate surface area is 265 Å². The molecule has 1 fully saturated rings. The molecule has 11 heteroatoms. The van der Waals surface area contributed by atoms with Gasteiger partial charge in [-0.3, -0.25) is 9.80 Å². The molecular formula is C31H41Cl3F3N3O2. The molecule has 0 aromatic heterocycles. The fourth-order valence-corrected chi connectivity index (χ4v) is 4.81. The Balaban J connectivity index is 0.00000294. The maximum atomic E-state index is 12.9. The first kappa shape index (κ1) is 38.0. The van der Waals surface area contributed by atoms with Crippen LogP contribution in [0.3, 0.4) is 0 Å². The maximum Gasteiger partial charge on any atom is 0.416 e. The number of nitrogens with one attached hydrogen (secondary N) is 1. The summed E-state index contributed by atoms with van der Waals surface area (Å²) < 4.78 is 44.8. The molecule has 2 N–H and O–H groups in total. The third-order valence-electron chi connectivity index (χ3n) is 7.11. The van der Waals surface area contributed by atoms with Crippen LogP contribution in [0.4, 0.5) is 13.2 Å². The van der Waals surface area contributed by atoms with Gasteiger partial charge in [-0.05, 0) is 54.3 Å². The quantitative estimate of drug-likeness (QED) is 0.237. The number of benzene rings is 3. The van der Waals surface area contributed by atoms with Gasteiger partial charge in [0.2, 0.25) is 0 Å². The Morgan fingerprint density at radius 2 is 1.48 bits per heavy atom. The fourth-order valence-electron chi connectivity index (χ4n) is 4.81. The topological polar surface area (TPSA) is 48.0 Å². The molecule has 234 valence electrons. The van der Waals surface area contributed by atoms with Gasteiger partial charge in [0.15, 0.2) is 0 Å². The highest BCUT2D eigenvalue weighted by Crippen LogP contribution is 2.30. The molecule has 3 aromatic carbocycles. The number of nitrogens with zero attached hydrogens (tertiary/aromatic N) is 2. The molecule has 2 atom stereocenters. The fraction of sp³-hybridized carbons (Fsp3) is 0.419. The van der Waals surface area contributed by atoms with Gasteiger partial charge in [-0.25, -0.2) is 0 Å². The molecule has 0 spiro atoms. The summed E-state index contributed by atoms with van der Waals surface area (Å²) in [5, 5.41) is 13.6. The van der Waals surface area contributed by atoms with Gasteiger partial charge >= 0.3 is 6.18 Å². The minimum atomic E-state index is -4.43. The monoisotopic (exact) mass is 649 g/mol. The van der Waals surface area contributed by atoms with E-state index in [0.29, 0.717) is 6.61 Å². The van der Waals surface area contributed by atoms with Gasteiger partial charge < -0.3 is 15.2 Å². The van der Waals surface area contributed by atoms with Crippen LogP contribution in [0.15, 0.2) is 78.9 Å². The molecule has 3 aromatic rings. The van der Waals surface area contributed by atoms with Crippen molar-refractivity contribution in [3.8, 4) is 5.75 Å². The van der Waals surface area contributed by atoms with Crippen molar-refractivity contribution in [2.24, 2.45) is 0 Å². The number of aliphatic hydroxyl groups is 1. The normalized spacial score (nSPS) is 15.5. The predicted molar refractivity (Wildman–Crippen MR) is 169 cm³/mol. The molecular weight excluding hydrogens is 610 g/mol. The van der Waals surface area contributed by atoms with Gasteiger partial charge in [-0.15, -0.1) is 37.2 Å². The first-order valence-corrected chi connectivity index (χ1v) is 13.6. The Kier molecular flexibility index (Phi) is 16.8. The molecule has 1 heterocycles. The van der Waals surface area contributed by atoms with Crippen LogP contribution in [0.1, 0.15) is 35.3 Å². The molecule has 1 aliphatic rings. The van der Waals surface area contributed by atoms with E-state index in [1.54, 1.807) is 0 Å². The third kappa shape index (κ3) is 12.3. The SMILES string of the molecule is CC(Cc1ccc(OCCN2CCN(Cc3ccccc3)CC2)cc1)NCC(O)c1cccc(C(F)(F)F)c1.Cl.Cl.Cl. The lowest BCUT2D eigenvalue weighted by Crippen LogP contribution is -2.47. The number of alkyl halides is 3. The van der Waals surface area contributed by atoms with E-state index in [0.717, 1.165) is 69.1 Å². The van der Waals surface area contributed by atoms with Crippen LogP contribution in [0, 0.1) is 0 Å². The van der Waals surface area contributed by atoms with Gasteiger partial charge in [-0.1, -0.05) is 54.6 Å². The second-order valence-electron chi connectivity index (χ2n) is 10.2. The predicted octanol–water partition coefficient (Wildman–Crippen LogP) is 6.42. The molecule has 5 nitrogen and oxygen atoms in total. The molecule has 1 aliphatic heterocycles. The second kappa shape index (κ2) is 18.6. The molecule has 0 radical (unpaired) electrons. The van der Waals surface area contributed by atoms with Gasteiger partial charge in [0.25, 0.3) is 0 Å². The molecule has 1 saturated heterocycles. The van der Waals surface area contributed by atoms with Gasteiger partial charge in [-0.2, -0.15) is 13.2 Å². The van der Waals surface area contributed by atoms with Crippen molar-refractivity contribution in [1.82, 2.24) is 15.1 Å². The van der Waals surface area contributed by atoms with Crippen molar-refractivity contribution in [3.63, 3.8) is 0 Å². The van der Waals surface area contributed by atoms with Gasteiger partial charge in [0, 0.05) is 51.9 Å². The highest BCUT2D eigenvalue weighted by Gasteiger charge is 2.30. The zero-order chi connectivity index (χ0) is 27.7. The minimum absolute atomic E-state index is 0. The number of rotatable bonds is 12. The standard InChI is InChI=1S/C31H38F3N3O2.3ClH/c1-24(35-22-30(38)27-8-5-9-28(21-27)31(32,33)34)20-25-10-12-29(13-11-25)39-19-18-36-14-16-37(17-15-36)23-26-6-3-2-4-7-26;;;/h2-13,21,24,30,35,38H,14-20,22-23H2,1H3;3*1H.